The number of nitrogens with one attached hydrogen (secondary N) is 2. The molecule has 15 heavy (non-hydrogen) atoms. The van der Waals surface area contributed by atoms with Gasteiger partial charge < -0.3 is 15.7 Å². The number of aliphatic hydroxyl groups is 1. The van der Waals surface area contributed by atoms with Gasteiger partial charge in [-0.15, -0.1) is 0 Å². The van der Waals surface area contributed by atoms with Crippen molar-refractivity contribution in [3.63, 3.8) is 0 Å². The third kappa shape index (κ3) is 9.55. The molecule has 0 bridgehead atoms. The Morgan fingerprint density at radius 2 is 1.80 bits per heavy atom. The molecule has 0 rings (SSSR count). The number of thiol groups is 1. The average molecular weight is 234 g/mol. The summed E-state index contributed by atoms with van der Waals surface area (Å²) in [4.78, 5) is 22.0. The van der Waals surface area contributed by atoms with Crippen LogP contribution in [0.4, 0.5) is 0 Å². The summed E-state index contributed by atoms with van der Waals surface area (Å²) in [6.07, 6.45) is -0.168. The fourth-order valence-electron chi connectivity index (χ4n) is 0.934. The van der Waals surface area contributed by atoms with Crippen molar-refractivity contribution in [2.45, 2.75) is 25.9 Å². The van der Waals surface area contributed by atoms with Crippen LogP contribution in [0.15, 0.2) is 0 Å². The van der Waals surface area contributed by atoms with E-state index in [1.54, 1.807) is 6.92 Å². The molecule has 0 heterocycles. The zero-order valence-corrected chi connectivity index (χ0v) is 9.72. The van der Waals surface area contributed by atoms with Crippen LogP contribution in [0.2, 0.25) is 0 Å². The van der Waals surface area contributed by atoms with E-state index in [1.165, 1.54) is 0 Å². The monoisotopic (exact) mass is 234 g/mol. The summed E-state index contributed by atoms with van der Waals surface area (Å²) in [5.74, 6) is 0.225. The number of carbonyl (C=O) groups is 2. The Kier molecular flexibility index (Phi) is 8.12. The lowest BCUT2D eigenvalue weighted by Gasteiger charge is -2.07. The van der Waals surface area contributed by atoms with Crippen LogP contribution in [0, 0.1) is 0 Å². The predicted octanol–water partition coefficient (Wildman–Crippen LogP) is -0.690. The lowest BCUT2D eigenvalue weighted by molar-refractivity contribution is -0.123. The Bertz CT molecular complexity index is 210. The van der Waals surface area contributed by atoms with Crippen molar-refractivity contribution < 1.29 is 14.7 Å². The number of hydrogen-bond acceptors (Lipinski definition) is 4. The number of carbonyl (C=O) groups excluding carboxylic acids is 2. The summed E-state index contributed by atoms with van der Waals surface area (Å²) in [6.45, 7) is 2.33. The second kappa shape index (κ2) is 8.55. The summed E-state index contributed by atoms with van der Waals surface area (Å²) in [7, 11) is 0. The first kappa shape index (κ1) is 14.2. The first-order chi connectivity index (χ1) is 7.06. The molecule has 0 spiro atoms. The molecule has 0 saturated heterocycles. The zero-order chi connectivity index (χ0) is 11.7. The molecular weight excluding hydrogens is 216 g/mol. The number of aliphatic hydroxyl groups excluding tert-OH is 1. The van der Waals surface area contributed by atoms with Crippen LogP contribution in [0.5, 0.6) is 0 Å². The highest BCUT2D eigenvalue weighted by molar-refractivity contribution is 7.80. The maximum Gasteiger partial charge on any atom is 0.222 e. The third-order valence-electron chi connectivity index (χ3n) is 1.59. The molecule has 2 amide bonds. The first-order valence-corrected chi connectivity index (χ1v) is 5.51. The third-order valence-corrected chi connectivity index (χ3v) is 1.81. The summed E-state index contributed by atoms with van der Waals surface area (Å²) >= 11 is 3.92. The van der Waals surface area contributed by atoms with Crippen LogP contribution in [0.1, 0.15) is 19.8 Å². The van der Waals surface area contributed by atoms with E-state index in [4.69, 9.17) is 5.11 Å². The standard InChI is InChI=1S/C9H18N2O3S/c1-7(12)6-9(14)11-4-3-10-8(13)2-5-15/h7,12,15H,2-6H2,1H3,(H,10,13)(H,11,14). The van der Waals surface area contributed by atoms with Crippen LogP contribution in [-0.2, 0) is 9.59 Å². The first-order valence-electron chi connectivity index (χ1n) is 4.88. The van der Waals surface area contributed by atoms with Gasteiger partial charge in [0, 0.05) is 19.5 Å². The van der Waals surface area contributed by atoms with Crippen molar-refractivity contribution >= 4 is 24.4 Å². The van der Waals surface area contributed by atoms with Crippen molar-refractivity contribution in [1.82, 2.24) is 10.6 Å². The number of rotatable bonds is 7. The van der Waals surface area contributed by atoms with Gasteiger partial charge in [-0.05, 0) is 12.7 Å². The zero-order valence-electron chi connectivity index (χ0n) is 8.82. The minimum atomic E-state index is -0.635. The summed E-state index contributed by atoms with van der Waals surface area (Å²) in [6, 6.07) is 0. The van der Waals surface area contributed by atoms with Gasteiger partial charge in [0.2, 0.25) is 11.8 Å². The van der Waals surface area contributed by atoms with E-state index >= 15 is 0 Å². The van der Waals surface area contributed by atoms with E-state index in [0.29, 0.717) is 25.3 Å². The highest BCUT2D eigenvalue weighted by Crippen LogP contribution is 1.87. The van der Waals surface area contributed by atoms with Crippen LogP contribution in [-0.4, -0.2) is 41.9 Å². The Hall–Kier alpha value is -0.750. The second-order valence-corrected chi connectivity index (χ2v) is 3.67. The van der Waals surface area contributed by atoms with Gasteiger partial charge in [0.05, 0.1) is 12.5 Å². The predicted molar refractivity (Wildman–Crippen MR) is 60.8 cm³/mol. The Morgan fingerprint density at radius 1 is 1.27 bits per heavy atom. The molecule has 1 unspecified atom stereocenters. The number of amides is 2. The summed E-state index contributed by atoms with van der Waals surface area (Å²) < 4.78 is 0. The van der Waals surface area contributed by atoms with Crippen LogP contribution in [0.25, 0.3) is 0 Å². The van der Waals surface area contributed by atoms with Crippen molar-refractivity contribution in [2.24, 2.45) is 0 Å². The van der Waals surface area contributed by atoms with E-state index in [-0.39, 0.29) is 18.2 Å². The van der Waals surface area contributed by atoms with E-state index < -0.39 is 6.10 Å². The van der Waals surface area contributed by atoms with E-state index in [2.05, 4.69) is 23.3 Å². The Morgan fingerprint density at radius 3 is 2.27 bits per heavy atom. The molecule has 5 nitrogen and oxygen atoms in total. The normalized spacial score (nSPS) is 11.9. The molecular formula is C9H18N2O3S. The van der Waals surface area contributed by atoms with Gasteiger partial charge in [-0.25, -0.2) is 0 Å². The smallest absolute Gasteiger partial charge is 0.222 e. The average Bonchev–Trinajstić information content (AvgIpc) is 2.12. The molecule has 3 N–H and O–H groups in total. The minimum absolute atomic E-state index is 0.0743. The van der Waals surface area contributed by atoms with Gasteiger partial charge in [-0.1, -0.05) is 0 Å². The van der Waals surface area contributed by atoms with E-state index in [9.17, 15) is 9.59 Å². The molecule has 0 aromatic carbocycles. The fraction of sp³-hybridized carbons (Fsp3) is 0.778. The Labute approximate surface area is 95.0 Å². The largest absolute Gasteiger partial charge is 0.393 e. The van der Waals surface area contributed by atoms with Gasteiger partial charge in [-0.3, -0.25) is 9.59 Å². The lowest BCUT2D eigenvalue weighted by atomic mass is 10.3. The highest BCUT2D eigenvalue weighted by Gasteiger charge is 2.04. The van der Waals surface area contributed by atoms with Crippen LogP contribution >= 0.6 is 12.6 Å². The maximum atomic E-state index is 11.0. The molecule has 0 aliphatic rings. The second-order valence-electron chi connectivity index (χ2n) is 3.23. The van der Waals surface area contributed by atoms with Gasteiger partial charge in [0.15, 0.2) is 0 Å². The molecule has 88 valence electrons. The molecule has 0 aromatic rings. The minimum Gasteiger partial charge on any atom is -0.393 e. The molecule has 0 radical (unpaired) electrons. The summed E-state index contributed by atoms with van der Waals surface area (Å²) in [5, 5.41) is 14.1. The van der Waals surface area contributed by atoms with Gasteiger partial charge in [-0.2, -0.15) is 12.6 Å². The molecule has 0 aromatic heterocycles. The maximum absolute atomic E-state index is 11.0. The van der Waals surface area contributed by atoms with Crippen LogP contribution < -0.4 is 10.6 Å². The van der Waals surface area contributed by atoms with Crippen LogP contribution in [0.3, 0.4) is 0 Å². The van der Waals surface area contributed by atoms with Crippen molar-refractivity contribution in [1.29, 1.82) is 0 Å². The Balaban J connectivity index is 3.38. The molecule has 0 aliphatic heterocycles. The van der Waals surface area contributed by atoms with Gasteiger partial charge >= 0.3 is 0 Å². The molecule has 0 aliphatic carbocycles. The molecule has 0 saturated carbocycles. The van der Waals surface area contributed by atoms with E-state index in [0.717, 1.165) is 0 Å². The molecule has 6 heteroatoms. The van der Waals surface area contributed by atoms with E-state index in [1.807, 2.05) is 0 Å². The van der Waals surface area contributed by atoms with Crippen molar-refractivity contribution in [3.8, 4) is 0 Å². The lowest BCUT2D eigenvalue weighted by Crippen LogP contribution is -2.35. The molecule has 0 fully saturated rings. The van der Waals surface area contributed by atoms with Gasteiger partial charge in [0.25, 0.3) is 0 Å². The fourth-order valence-corrected chi connectivity index (χ4v) is 1.14. The van der Waals surface area contributed by atoms with Crippen molar-refractivity contribution in [3.05, 3.63) is 0 Å². The summed E-state index contributed by atoms with van der Waals surface area (Å²) in [5.41, 5.74) is 0. The topological polar surface area (TPSA) is 78.4 Å². The number of hydrogen-bond donors (Lipinski definition) is 4. The SMILES string of the molecule is CC(O)CC(=O)NCCNC(=O)CCS. The quantitative estimate of drug-likeness (QED) is 0.348. The van der Waals surface area contributed by atoms with Gasteiger partial charge in [0.1, 0.15) is 0 Å². The molecule has 1 atom stereocenters. The highest BCUT2D eigenvalue weighted by atomic mass is 32.1. The van der Waals surface area contributed by atoms with Crippen molar-refractivity contribution in [2.75, 3.05) is 18.8 Å².